The number of likely N-dealkylation sites (tertiary alicyclic amines) is 2. The molecule has 2 saturated heterocycles. The molecule has 0 unspecified atom stereocenters. The summed E-state index contributed by atoms with van der Waals surface area (Å²) in [6.07, 6.45) is 1.47. The maximum absolute atomic E-state index is 13.8. The van der Waals surface area contributed by atoms with E-state index in [4.69, 9.17) is 22.3 Å². The molecule has 0 aliphatic carbocycles. The summed E-state index contributed by atoms with van der Waals surface area (Å²) >= 11 is 0. The van der Waals surface area contributed by atoms with Gasteiger partial charge in [0.1, 0.15) is 36.3 Å². The Morgan fingerprint density at radius 1 is 0.722 bits per heavy atom. The Kier molecular flexibility index (Phi) is 18.3. The van der Waals surface area contributed by atoms with Crippen LogP contribution in [0.2, 0.25) is 0 Å². The van der Waals surface area contributed by atoms with Gasteiger partial charge in [-0.3, -0.25) is 38.4 Å². The average molecular weight is 768 g/mol. The monoisotopic (exact) mass is 767 g/mol. The fourth-order valence-electron chi connectivity index (χ4n) is 6.51. The number of rotatable bonds is 22. The molecule has 0 aromatic heterocycles. The van der Waals surface area contributed by atoms with Gasteiger partial charge in [0.15, 0.2) is 0 Å². The zero-order valence-corrected chi connectivity index (χ0v) is 31.2. The summed E-state index contributed by atoms with van der Waals surface area (Å²) in [4.78, 5) is 117. The van der Waals surface area contributed by atoms with Gasteiger partial charge in [-0.2, -0.15) is 0 Å². The van der Waals surface area contributed by atoms with Crippen molar-refractivity contribution < 1.29 is 53.4 Å². The van der Waals surface area contributed by atoms with Crippen LogP contribution in [-0.4, -0.2) is 135 Å². The van der Waals surface area contributed by atoms with Crippen LogP contribution in [0.3, 0.4) is 0 Å². The number of hydrogen-bond donors (Lipinski definition) is 9. The summed E-state index contributed by atoms with van der Waals surface area (Å²) in [5, 5.41) is 28.6. The van der Waals surface area contributed by atoms with Gasteiger partial charge in [-0.15, -0.1) is 0 Å². The fourth-order valence-corrected chi connectivity index (χ4v) is 6.51. The molecule has 2 heterocycles. The van der Waals surface area contributed by atoms with Crippen molar-refractivity contribution in [2.45, 2.75) is 134 Å². The Morgan fingerprint density at radius 2 is 1.28 bits per heavy atom. The van der Waals surface area contributed by atoms with E-state index in [0.29, 0.717) is 32.2 Å². The first kappa shape index (κ1) is 45.3. The highest BCUT2D eigenvalue weighted by atomic mass is 16.4. The first-order chi connectivity index (χ1) is 25.4. The second-order valence-corrected chi connectivity index (χ2v) is 14.3. The summed E-state index contributed by atoms with van der Waals surface area (Å²) in [6, 6.07) is -8.26. The smallest absolute Gasteiger partial charge is 0.326 e. The van der Waals surface area contributed by atoms with Crippen LogP contribution < -0.4 is 38.5 Å². The van der Waals surface area contributed by atoms with Crippen molar-refractivity contribution in [3.63, 3.8) is 0 Å². The number of carbonyl (C=O) groups excluding carboxylic acids is 7. The molecule has 2 rings (SSSR count). The minimum absolute atomic E-state index is 0.0951. The third-order valence-corrected chi connectivity index (χ3v) is 9.33. The van der Waals surface area contributed by atoms with E-state index in [1.54, 1.807) is 13.8 Å². The highest BCUT2D eigenvalue weighted by molar-refractivity contribution is 5.98. The van der Waals surface area contributed by atoms with Crippen molar-refractivity contribution in [2.24, 2.45) is 23.1 Å². The lowest BCUT2D eigenvalue weighted by molar-refractivity contribution is -0.145. The van der Waals surface area contributed by atoms with E-state index in [-0.39, 0.29) is 57.5 Å². The van der Waals surface area contributed by atoms with Crippen LogP contribution in [0.1, 0.15) is 91.4 Å². The number of carbonyl (C=O) groups is 9. The molecular weight excluding hydrogens is 710 g/mol. The first-order valence-electron chi connectivity index (χ1n) is 18.4. The number of nitrogens with zero attached hydrogens (tertiary/aromatic N) is 2. The predicted molar refractivity (Wildman–Crippen MR) is 192 cm³/mol. The third-order valence-electron chi connectivity index (χ3n) is 9.33. The van der Waals surface area contributed by atoms with E-state index >= 15 is 0 Å². The van der Waals surface area contributed by atoms with Crippen LogP contribution >= 0.6 is 0 Å². The summed E-state index contributed by atoms with van der Waals surface area (Å²) in [5.41, 5.74) is 16.7. The number of aliphatic carboxylic acids is 2. The maximum Gasteiger partial charge on any atom is 0.326 e. The highest BCUT2D eigenvalue weighted by Crippen LogP contribution is 2.22. The Bertz CT molecular complexity index is 1390. The molecule has 0 saturated carbocycles. The molecule has 0 aromatic rings. The summed E-state index contributed by atoms with van der Waals surface area (Å²) in [6.45, 7) is 5.63. The van der Waals surface area contributed by atoms with Crippen molar-refractivity contribution in [3.05, 3.63) is 0 Å². The Morgan fingerprint density at radius 3 is 1.78 bits per heavy atom. The van der Waals surface area contributed by atoms with E-state index in [9.17, 15) is 48.3 Å². The molecule has 20 nitrogen and oxygen atoms in total. The van der Waals surface area contributed by atoms with Gasteiger partial charge in [0.05, 0.1) is 12.5 Å². The minimum atomic E-state index is -1.51. The van der Waals surface area contributed by atoms with Crippen LogP contribution in [0.4, 0.5) is 0 Å². The minimum Gasteiger partial charge on any atom is -0.481 e. The fraction of sp³-hybridized carbons (Fsp3) is 0.735. The number of carboxylic acids is 2. The lowest BCUT2D eigenvalue weighted by Crippen LogP contribution is -2.59. The summed E-state index contributed by atoms with van der Waals surface area (Å²) < 4.78 is 0. The quantitative estimate of drug-likeness (QED) is 0.0506. The van der Waals surface area contributed by atoms with E-state index in [0.717, 1.165) is 0 Å². The van der Waals surface area contributed by atoms with Crippen molar-refractivity contribution in [1.82, 2.24) is 31.1 Å². The zero-order chi connectivity index (χ0) is 40.7. The van der Waals surface area contributed by atoms with Gasteiger partial charge in [-0.1, -0.05) is 13.8 Å². The maximum atomic E-state index is 13.8. The van der Waals surface area contributed by atoms with Crippen LogP contribution in [-0.2, 0) is 43.2 Å². The van der Waals surface area contributed by atoms with Gasteiger partial charge in [-0.05, 0) is 77.2 Å². The number of unbranched alkanes of at least 4 members (excludes halogenated alkanes) is 1. The van der Waals surface area contributed by atoms with E-state index in [2.05, 4.69) is 21.3 Å². The molecule has 2 fully saturated rings. The summed E-state index contributed by atoms with van der Waals surface area (Å²) in [7, 11) is 0. The number of primary amides is 1. The van der Waals surface area contributed by atoms with E-state index < -0.39 is 102 Å². The number of nitrogens with two attached hydrogens (primary N) is 3. The van der Waals surface area contributed by atoms with Gasteiger partial charge >= 0.3 is 11.9 Å². The Labute approximate surface area is 314 Å². The third kappa shape index (κ3) is 13.9. The second-order valence-electron chi connectivity index (χ2n) is 14.3. The molecule has 0 spiro atoms. The zero-order valence-electron chi connectivity index (χ0n) is 31.2. The van der Waals surface area contributed by atoms with Gasteiger partial charge in [0.2, 0.25) is 41.4 Å². The van der Waals surface area contributed by atoms with E-state index in [1.807, 2.05) is 0 Å². The number of amides is 7. The first-order valence-corrected chi connectivity index (χ1v) is 18.4. The van der Waals surface area contributed by atoms with Crippen LogP contribution in [0.15, 0.2) is 0 Å². The molecule has 12 N–H and O–H groups in total. The lowest BCUT2D eigenvalue weighted by Gasteiger charge is -2.31. The molecule has 0 radical (unpaired) electrons. The summed E-state index contributed by atoms with van der Waals surface area (Å²) in [5.74, 6) is -7.70. The molecule has 54 heavy (non-hydrogen) atoms. The van der Waals surface area contributed by atoms with E-state index in [1.165, 1.54) is 16.7 Å². The Balaban J connectivity index is 2.17. The van der Waals surface area contributed by atoms with Crippen molar-refractivity contribution in [2.75, 3.05) is 19.6 Å². The predicted octanol–water partition coefficient (Wildman–Crippen LogP) is -2.75. The van der Waals surface area contributed by atoms with Gasteiger partial charge in [0.25, 0.3) is 0 Å². The molecule has 20 heteroatoms. The molecule has 7 amide bonds. The second kappa shape index (κ2) is 21.8. The van der Waals surface area contributed by atoms with Gasteiger partial charge < -0.3 is 58.5 Å². The number of carboxylic acid groups (broad SMARTS) is 2. The molecule has 2 aliphatic heterocycles. The van der Waals surface area contributed by atoms with Crippen molar-refractivity contribution >= 4 is 53.3 Å². The lowest BCUT2D eigenvalue weighted by atomic mass is 10.0. The van der Waals surface area contributed by atoms with Crippen molar-refractivity contribution in [1.29, 1.82) is 0 Å². The van der Waals surface area contributed by atoms with Crippen LogP contribution in [0, 0.1) is 5.92 Å². The molecule has 0 bridgehead atoms. The number of hydrogen-bond acceptors (Lipinski definition) is 11. The molecule has 2 aliphatic rings. The van der Waals surface area contributed by atoms with Gasteiger partial charge in [-0.25, -0.2) is 4.79 Å². The Hall–Kier alpha value is -4.85. The highest BCUT2D eigenvalue weighted by Gasteiger charge is 2.41. The average Bonchev–Trinajstić information content (AvgIpc) is 3.79. The standard InChI is InChI=1S/C34H57N9O11/c1-18(2)16-22(40-31(50)24-9-6-14-42(24)32(51)19(3)38-28(47)20(36)11-12-27(45)46)29(48)41-23(17-26(37)44)33(52)43-15-7-10-25(43)30(49)39-21(34(53)54)8-4-5-13-35/h18-25H,4-17,35-36H2,1-3H3,(H2,37,44)(H,38,47)(H,39,49)(H,40,50)(H,41,48)(H,45,46)(H,53,54)/t19-,20-,21-,22-,23-,24-,25-/m0/s1. The normalized spacial score (nSPS) is 19.6. The molecular formula is C34H57N9O11. The molecule has 7 atom stereocenters. The topological polar surface area (TPSA) is 327 Å². The molecule has 0 aromatic carbocycles. The van der Waals surface area contributed by atoms with Gasteiger partial charge in [0, 0.05) is 19.5 Å². The number of nitrogens with one attached hydrogen (secondary N) is 4. The molecule has 304 valence electrons. The van der Waals surface area contributed by atoms with Crippen molar-refractivity contribution in [3.8, 4) is 0 Å². The SMILES string of the molecule is CC(C)C[C@H](NC(=O)[C@@H]1CCCN1C(=O)[C@H](C)NC(=O)[C@@H](N)CCC(=O)O)C(=O)N[C@@H](CC(N)=O)C(=O)N1CCC[C@H]1C(=O)N[C@@H](CCCCN)C(=O)O. The largest absolute Gasteiger partial charge is 0.481 e. The van der Waals surface area contributed by atoms with Crippen LogP contribution in [0.5, 0.6) is 0 Å². The van der Waals surface area contributed by atoms with Crippen LogP contribution in [0.25, 0.3) is 0 Å².